The largest absolute Gasteiger partial charge is 0.399 e. The van der Waals surface area contributed by atoms with Gasteiger partial charge in [-0.1, -0.05) is 12.2 Å². The van der Waals surface area contributed by atoms with Gasteiger partial charge in [-0.15, -0.1) is 0 Å². The molecule has 0 radical (unpaired) electrons. The van der Waals surface area contributed by atoms with E-state index in [4.69, 9.17) is 11.5 Å². The fourth-order valence-electron chi connectivity index (χ4n) is 1.05. The summed E-state index contributed by atoms with van der Waals surface area (Å²) in [7, 11) is 0. The summed E-state index contributed by atoms with van der Waals surface area (Å²) in [5.41, 5.74) is 12.0. The minimum absolute atomic E-state index is 0.313. The fourth-order valence-corrected chi connectivity index (χ4v) is 1.05. The summed E-state index contributed by atoms with van der Waals surface area (Å²) in [5.74, 6) is -0.313. The first-order valence-electron chi connectivity index (χ1n) is 4.15. The van der Waals surface area contributed by atoms with Gasteiger partial charge in [-0.25, -0.2) is 4.39 Å². The molecule has 1 aromatic rings. The average molecular weight is 180 g/mol. The Hall–Kier alpha value is -1.35. The molecule has 0 bridgehead atoms. The van der Waals surface area contributed by atoms with Gasteiger partial charge in [0.25, 0.3) is 0 Å². The van der Waals surface area contributed by atoms with Crippen molar-refractivity contribution in [2.45, 2.75) is 6.42 Å². The Morgan fingerprint density at radius 2 is 2.08 bits per heavy atom. The second-order valence-corrected chi connectivity index (χ2v) is 2.80. The van der Waals surface area contributed by atoms with Crippen LogP contribution in [0.15, 0.2) is 24.3 Å². The first-order valence-corrected chi connectivity index (χ1v) is 4.15. The number of benzene rings is 1. The normalized spacial score (nSPS) is 10.9. The van der Waals surface area contributed by atoms with E-state index >= 15 is 0 Å². The standard InChI is InChI=1S/C10H13FN2/c11-9-5-8(3-1-2-4-12)6-10(13)7-9/h1,3,5-7H,2,4,12-13H2. The maximum absolute atomic E-state index is 12.8. The predicted octanol–water partition coefficient (Wildman–Crippen LogP) is 1.77. The summed E-state index contributed by atoms with van der Waals surface area (Å²) >= 11 is 0. The van der Waals surface area contributed by atoms with Crippen LogP contribution >= 0.6 is 0 Å². The summed E-state index contributed by atoms with van der Waals surface area (Å²) in [4.78, 5) is 0. The highest BCUT2D eigenvalue weighted by molar-refractivity contribution is 5.55. The second kappa shape index (κ2) is 4.62. The van der Waals surface area contributed by atoms with E-state index in [0.717, 1.165) is 12.0 Å². The van der Waals surface area contributed by atoms with Gasteiger partial charge in [0.1, 0.15) is 5.82 Å². The van der Waals surface area contributed by atoms with Gasteiger partial charge < -0.3 is 11.5 Å². The molecular weight excluding hydrogens is 167 g/mol. The van der Waals surface area contributed by atoms with Crippen LogP contribution in [-0.2, 0) is 0 Å². The van der Waals surface area contributed by atoms with Crippen LogP contribution < -0.4 is 11.5 Å². The molecule has 0 atom stereocenters. The van der Waals surface area contributed by atoms with Crippen LogP contribution in [0.25, 0.3) is 6.08 Å². The first kappa shape index (κ1) is 9.74. The summed E-state index contributed by atoms with van der Waals surface area (Å²) in [6, 6.07) is 4.44. The first-order chi connectivity index (χ1) is 6.22. The molecule has 0 fully saturated rings. The summed E-state index contributed by atoms with van der Waals surface area (Å²) in [6.45, 7) is 0.599. The Morgan fingerprint density at radius 1 is 1.31 bits per heavy atom. The summed E-state index contributed by atoms with van der Waals surface area (Å²) < 4.78 is 12.8. The Morgan fingerprint density at radius 3 is 2.69 bits per heavy atom. The molecule has 1 aromatic carbocycles. The van der Waals surface area contributed by atoms with E-state index in [-0.39, 0.29) is 5.82 Å². The quantitative estimate of drug-likeness (QED) is 0.696. The van der Waals surface area contributed by atoms with E-state index in [2.05, 4.69) is 0 Å². The van der Waals surface area contributed by atoms with Gasteiger partial charge in [0.05, 0.1) is 0 Å². The zero-order valence-corrected chi connectivity index (χ0v) is 7.33. The van der Waals surface area contributed by atoms with Crippen LogP contribution in [0.5, 0.6) is 0 Å². The van der Waals surface area contributed by atoms with Crippen molar-refractivity contribution in [3.63, 3.8) is 0 Å². The molecular formula is C10H13FN2. The zero-order chi connectivity index (χ0) is 9.68. The van der Waals surface area contributed by atoms with Gasteiger partial charge in [-0.2, -0.15) is 0 Å². The Bertz CT molecular complexity index is 288. The predicted molar refractivity (Wildman–Crippen MR) is 53.5 cm³/mol. The van der Waals surface area contributed by atoms with Crippen LogP contribution in [-0.4, -0.2) is 6.54 Å². The molecule has 3 heteroatoms. The highest BCUT2D eigenvalue weighted by atomic mass is 19.1. The molecule has 0 aliphatic heterocycles. The number of nitrogen functional groups attached to an aromatic ring is 1. The van der Waals surface area contributed by atoms with Crippen LogP contribution in [0.2, 0.25) is 0 Å². The van der Waals surface area contributed by atoms with E-state index in [1.54, 1.807) is 6.07 Å². The van der Waals surface area contributed by atoms with Crippen molar-refractivity contribution < 1.29 is 4.39 Å². The van der Waals surface area contributed by atoms with Crippen molar-refractivity contribution in [3.05, 3.63) is 35.7 Å². The molecule has 0 unspecified atom stereocenters. The lowest BCUT2D eigenvalue weighted by Gasteiger charge is -1.97. The van der Waals surface area contributed by atoms with Crippen molar-refractivity contribution >= 4 is 11.8 Å². The minimum atomic E-state index is -0.313. The van der Waals surface area contributed by atoms with E-state index < -0.39 is 0 Å². The lowest BCUT2D eigenvalue weighted by Crippen LogP contribution is -1.95. The Balaban J connectivity index is 2.77. The molecule has 4 N–H and O–H groups in total. The van der Waals surface area contributed by atoms with E-state index in [0.29, 0.717) is 12.2 Å². The van der Waals surface area contributed by atoms with Crippen LogP contribution in [0.4, 0.5) is 10.1 Å². The van der Waals surface area contributed by atoms with Gasteiger partial charge in [0.2, 0.25) is 0 Å². The number of rotatable bonds is 3. The second-order valence-electron chi connectivity index (χ2n) is 2.80. The van der Waals surface area contributed by atoms with Gasteiger partial charge in [-0.05, 0) is 36.7 Å². The molecule has 0 spiro atoms. The number of nitrogens with two attached hydrogens (primary N) is 2. The Labute approximate surface area is 77.0 Å². The topological polar surface area (TPSA) is 52.0 Å². The molecule has 0 saturated carbocycles. The van der Waals surface area contributed by atoms with Crippen LogP contribution in [0.1, 0.15) is 12.0 Å². The van der Waals surface area contributed by atoms with Gasteiger partial charge in [-0.3, -0.25) is 0 Å². The molecule has 1 rings (SSSR count). The number of halogens is 1. The maximum atomic E-state index is 12.8. The summed E-state index contributed by atoms with van der Waals surface area (Å²) in [6.07, 6.45) is 4.50. The van der Waals surface area contributed by atoms with Crippen LogP contribution in [0.3, 0.4) is 0 Å². The fraction of sp³-hybridized carbons (Fsp3) is 0.200. The number of hydrogen-bond donors (Lipinski definition) is 2. The SMILES string of the molecule is NCCC=Cc1cc(N)cc(F)c1. The third-order valence-electron chi connectivity index (χ3n) is 1.59. The highest BCUT2D eigenvalue weighted by Gasteiger charge is 1.94. The Kier molecular flexibility index (Phi) is 3.46. The van der Waals surface area contributed by atoms with Crippen molar-refractivity contribution in [1.29, 1.82) is 0 Å². The lowest BCUT2D eigenvalue weighted by atomic mass is 10.1. The molecule has 0 aromatic heterocycles. The average Bonchev–Trinajstić information content (AvgIpc) is 2.03. The van der Waals surface area contributed by atoms with Crippen LogP contribution in [0, 0.1) is 5.82 Å². The van der Waals surface area contributed by atoms with Gasteiger partial charge in [0.15, 0.2) is 0 Å². The third kappa shape index (κ3) is 3.25. The maximum Gasteiger partial charge on any atom is 0.125 e. The molecule has 0 aliphatic carbocycles. The van der Waals surface area contributed by atoms with E-state index in [1.165, 1.54) is 12.1 Å². The molecule has 0 amide bonds. The molecule has 70 valence electrons. The van der Waals surface area contributed by atoms with E-state index in [1.807, 2.05) is 12.2 Å². The molecule has 13 heavy (non-hydrogen) atoms. The minimum Gasteiger partial charge on any atom is -0.399 e. The number of anilines is 1. The van der Waals surface area contributed by atoms with Crippen molar-refractivity contribution in [2.24, 2.45) is 5.73 Å². The molecule has 0 saturated heterocycles. The van der Waals surface area contributed by atoms with E-state index in [9.17, 15) is 4.39 Å². The van der Waals surface area contributed by atoms with Gasteiger partial charge in [0, 0.05) is 5.69 Å². The summed E-state index contributed by atoms with van der Waals surface area (Å²) in [5, 5.41) is 0. The zero-order valence-electron chi connectivity index (χ0n) is 7.33. The number of hydrogen-bond acceptors (Lipinski definition) is 2. The lowest BCUT2D eigenvalue weighted by molar-refractivity contribution is 0.628. The van der Waals surface area contributed by atoms with Crippen molar-refractivity contribution in [3.8, 4) is 0 Å². The van der Waals surface area contributed by atoms with Crippen molar-refractivity contribution in [1.82, 2.24) is 0 Å². The van der Waals surface area contributed by atoms with Gasteiger partial charge >= 0.3 is 0 Å². The molecule has 2 nitrogen and oxygen atoms in total. The monoisotopic (exact) mass is 180 g/mol. The molecule has 0 aliphatic rings. The van der Waals surface area contributed by atoms with Crippen molar-refractivity contribution in [2.75, 3.05) is 12.3 Å². The highest BCUT2D eigenvalue weighted by Crippen LogP contribution is 2.12. The third-order valence-corrected chi connectivity index (χ3v) is 1.59. The smallest absolute Gasteiger partial charge is 0.125 e. The molecule has 0 heterocycles.